The van der Waals surface area contributed by atoms with Gasteiger partial charge in [-0.05, 0) is 89.4 Å². The average molecular weight is 699 g/mol. The number of aryl methyl sites for hydroxylation is 2. The first-order chi connectivity index (χ1) is 24.0. The second-order valence-electron chi connectivity index (χ2n) is 18.8. The van der Waals surface area contributed by atoms with Crippen LogP contribution in [-0.2, 0) is 34.5 Å². The number of carbonyl (C=O) groups is 2. The first-order valence-corrected chi connectivity index (χ1v) is 18.7. The summed E-state index contributed by atoms with van der Waals surface area (Å²) in [6, 6.07) is 23.8. The van der Waals surface area contributed by atoms with E-state index < -0.39 is 0 Å². The van der Waals surface area contributed by atoms with Gasteiger partial charge in [0.2, 0.25) is 0 Å². The van der Waals surface area contributed by atoms with E-state index in [-0.39, 0.29) is 33.2 Å². The molecule has 0 atom stereocenters. The maximum Gasteiger partial charge on any atom is 0.164 e. The van der Waals surface area contributed by atoms with E-state index in [1.807, 2.05) is 48.5 Å². The van der Waals surface area contributed by atoms with Gasteiger partial charge < -0.3 is 10.2 Å². The zero-order chi connectivity index (χ0) is 38.6. The van der Waals surface area contributed by atoms with Crippen molar-refractivity contribution in [1.82, 2.24) is 0 Å². The maximum absolute atomic E-state index is 14.4. The Morgan fingerprint density at radius 3 is 0.885 bits per heavy atom. The van der Waals surface area contributed by atoms with E-state index in [0.717, 1.165) is 54.9 Å². The summed E-state index contributed by atoms with van der Waals surface area (Å²) in [6.07, 6.45) is 1.67. The number of phenolic OH excluding ortho intramolecular Hbond substituents is 2. The van der Waals surface area contributed by atoms with Crippen LogP contribution in [0.25, 0.3) is 21.5 Å². The van der Waals surface area contributed by atoms with Crippen molar-refractivity contribution in [3.8, 4) is 11.5 Å². The molecule has 0 aliphatic rings. The van der Waals surface area contributed by atoms with Gasteiger partial charge in [0.1, 0.15) is 11.5 Å². The third kappa shape index (κ3) is 7.82. The van der Waals surface area contributed by atoms with Gasteiger partial charge >= 0.3 is 0 Å². The summed E-state index contributed by atoms with van der Waals surface area (Å²) in [7, 11) is 0. The molecule has 5 aromatic rings. The Labute approximate surface area is 311 Å². The van der Waals surface area contributed by atoms with Gasteiger partial charge in [-0.3, -0.25) is 9.59 Å². The largest absolute Gasteiger partial charge is 0.507 e. The van der Waals surface area contributed by atoms with Gasteiger partial charge in [0.25, 0.3) is 0 Å². The summed E-state index contributed by atoms with van der Waals surface area (Å²) < 4.78 is 0. The summed E-state index contributed by atoms with van der Waals surface area (Å²) >= 11 is 0. The van der Waals surface area contributed by atoms with Crippen molar-refractivity contribution >= 4 is 33.1 Å². The minimum Gasteiger partial charge on any atom is -0.507 e. The molecule has 0 heterocycles. The Kier molecular flexibility index (Phi) is 10.3. The molecular formula is C48H58O4. The molecule has 52 heavy (non-hydrogen) atoms. The molecule has 4 nitrogen and oxygen atoms in total. The zero-order valence-corrected chi connectivity index (χ0v) is 33.5. The molecule has 4 heteroatoms. The maximum atomic E-state index is 14.4. The van der Waals surface area contributed by atoms with Crippen molar-refractivity contribution in [2.45, 2.75) is 130 Å². The van der Waals surface area contributed by atoms with Crippen LogP contribution in [0.5, 0.6) is 11.5 Å². The molecule has 0 saturated heterocycles. The molecule has 0 aromatic heterocycles. The summed E-state index contributed by atoms with van der Waals surface area (Å²) in [6.45, 7) is 25.2. The highest BCUT2D eigenvalue weighted by Crippen LogP contribution is 2.42. The lowest BCUT2D eigenvalue weighted by Gasteiger charge is -2.28. The highest BCUT2D eigenvalue weighted by atomic mass is 16.3. The summed E-state index contributed by atoms with van der Waals surface area (Å²) in [5, 5.41) is 25.7. The Morgan fingerprint density at radius 1 is 0.442 bits per heavy atom. The second kappa shape index (κ2) is 13.8. The fourth-order valence-corrected chi connectivity index (χ4v) is 7.46. The normalized spacial score (nSPS) is 12.8. The number of hydrogen-bond donors (Lipinski definition) is 2. The van der Waals surface area contributed by atoms with Crippen LogP contribution in [0, 0.1) is 0 Å². The van der Waals surface area contributed by atoms with Gasteiger partial charge in [-0.25, -0.2) is 0 Å². The number of Topliss-reactive ketones (excluding diaryl/α,β-unsaturated/α-hetero) is 2. The number of aromatic hydroxyl groups is 2. The quantitative estimate of drug-likeness (QED) is 0.125. The summed E-state index contributed by atoms with van der Waals surface area (Å²) in [5.41, 5.74) is 5.87. The van der Waals surface area contributed by atoms with E-state index in [1.165, 1.54) is 0 Å². The molecule has 0 radical (unpaired) electrons. The number of hydrogen-bond acceptors (Lipinski definition) is 4. The number of phenols is 2. The Hall–Kier alpha value is -4.44. The molecule has 0 bridgehead atoms. The van der Waals surface area contributed by atoms with Gasteiger partial charge in [-0.15, -0.1) is 0 Å². The van der Waals surface area contributed by atoms with Gasteiger partial charge in [0, 0.05) is 24.0 Å². The number of rotatable bonds is 8. The standard InChI is InChI=1S/C48H58O4/c1-45(2,3)35-25-29(26-36(43(35)51)46(4,5)6)21-23-39(49)41-31-17-13-15-19-33(31)42(34-20-16-14-18-32(34)41)40(50)24-22-30-27-37(47(7,8)9)44(52)38(28-30)48(10,11)12/h13-20,25-28,51-52H,21-24H2,1-12H3. The van der Waals surface area contributed by atoms with Crippen LogP contribution in [0.15, 0.2) is 72.8 Å². The highest BCUT2D eigenvalue weighted by molar-refractivity contribution is 6.26. The molecule has 2 N–H and O–H groups in total. The Balaban J connectivity index is 1.54. The summed E-state index contributed by atoms with van der Waals surface area (Å²) in [5.74, 6) is 0.731. The van der Waals surface area contributed by atoms with Gasteiger partial charge in [0.15, 0.2) is 11.6 Å². The van der Waals surface area contributed by atoms with Crippen LogP contribution >= 0.6 is 0 Å². The average Bonchev–Trinajstić information content (AvgIpc) is 3.03. The molecule has 0 aliphatic heterocycles. The van der Waals surface area contributed by atoms with E-state index in [4.69, 9.17) is 0 Å². The van der Waals surface area contributed by atoms with Crippen LogP contribution in [0.4, 0.5) is 0 Å². The van der Waals surface area contributed by atoms with Gasteiger partial charge in [-0.1, -0.05) is 156 Å². The van der Waals surface area contributed by atoms with Crippen molar-refractivity contribution in [3.05, 3.63) is 117 Å². The van der Waals surface area contributed by atoms with Crippen LogP contribution in [-0.4, -0.2) is 21.8 Å². The minimum absolute atomic E-state index is 0.0302. The number of ketones is 2. The van der Waals surface area contributed by atoms with Crippen LogP contribution < -0.4 is 0 Å². The monoisotopic (exact) mass is 698 g/mol. The third-order valence-corrected chi connectivity index (χ3v) is 10.3. The lowest BCUT2D eigenvalue weighted by Crippen LogP contribution is -2.18. The Bertz CT molecular complexity index is 1890. The third-order valence-electron chi connectivity index (χ3n) is 10.3. The van der Waals surface area contributed by atoms with Crippen molar-refractivity contribution in [1.29, 1.82) is 0 Å². The Morgan fingerprint density at radius 2 is 0.673 bits per heavy atom. The highest BCUT2D eigenvalue weighted by Gasteiger charge is 2.29. The summed E-state index contributed by atoms with van der Waals surface area (Å²) in [4.78, 5) is 28.7. The number of fused-ring (bicyclic) bond motifs is 2. The van der Waals surface area contributed by atoms with Gasteiger partial charge in [0.05, 0.1) is 0 Å². The molecule has 5 aromatic carbocycles. The molecule has 0 fully saturated rings. The zero-order valence-electron chi connectivity index (χ0n) is 33.5. The predicted molar refractivity (Wildman–Crippen MR) is 218 cm³/mol. The predicted octanol–water partition coefficient (Wildman–Crippen LogP) is 12.2. The lowest BCUT2D eigenvalue weighted by atomic mass is 9.77. The molecule has 0 saturated carbocycles. The minimum atomic E-state index is -0.259. The van der Waals surface area contributed by atoms with Crippen molar-refractivity contribution in [2.24, 2.45) is 0 Å². The van der Waals surface area contributed by atoms with E-state index in [1.54, 1.807) is 0 Å². The topological polar surface area (TPSA) is 74.6 Å². The molecule has 274 valence electrons. The van der Waals surface area contributed by atoms with E-state index in [2.05, 4.69) is 107 Å². The first kappa shape index (κ1) is 38.8. The fraction of sp³-hybridized carbons (Fsp3) is 0.417. The van der Waals surface area contributed by atoms with Gasteiger partial charge in [-0.2, -0.15) is 0 Å². The molecule has 0 unspecified atom stereocenters. The lowest BCUT2D eigenvalue weighted by molar-refractivity contribution is 0.0975. The second-order valence-corrected chi connectivity index (χ2v) is 18.8. The number of benzene rings is 5. The van der Waals surface area contributed by atoms with Crippen molar-refractivity contribution in [3.63, 3.8) is 0 Å². The van der Waals surface area contributed by atoms with E-state index >= 15 is 0 Å². The van der Waals surface area contributed by atoms with E-state index in [9.17, 15) is 19.8 Å². The van der Waals surface area contributed by atoms with Crippen molar-refractivity contribution in [2.75, 3.05) is 0 Å². The first-order valence-electron chi connectivity index (χ1n) is 18.7. The van der Waals surface area contributed by atoms with Crippen molar-refractivity contribution < 1.29 is 19.8 Å². The molecule has 5 rings (SSSR count). The number of carbonyl (C=O) groups excluding carboxylic acids is 2. The molecule has 0 aliphatic carbocycles. The molecule has 0 amide bonds. The molecular weight excluding hydrogens is 641 g/mol. The smallest absolute Gasteiger partial charge is 0.164 e. The van der Waals surface area contributed by atoms with Crippen LogP contribution in [0.1, 0.15) is 150 Å². The van der Waals surface area contributed by atoms with E-state index in [0.29, 0.717) is 48.3 Å². The fourth-order valence-electron chi connectivity index (χ4n) is 7.46. The van der Waals surface area contributed by atoms with Crippen LogP contribution in [0.2, 0.25) is 0 Å². The molecule has 0 spiro atoms. The van der Waals surface area contributed by atoms with Crippen LogP contribution in [0.3, 0.4) is 0 Å². The SMILES string of the molecule is CC(C)(C)c1cc(CCC(=O)c2c3ccccc3c(C(=O)CCc3cc(C(C)(C)C)c(O)c(C(C)(C)C)c3)c3ccccc23)cc(C(C)(C)C)c1O.